The van der Waals surface area contributed by atoms with Crippen molar-refractivity contribution in [1.29, 1.82) is 0 Å². The van der Waals surface area contributed by atoms with Crippen LogP contribution in [0.2, 0.25) is 0 Å². The Morgan fingerprint density at radius 3 is 2.63 bits per heavy atom. The maximum absolute atomic E-state index is 13.0. The predicted molar refractivity (Wildman–Crippen MR) is 104 cm³/mol. The Morgan fingerprint density at radius 1 is 1.30 bits per heavy atom. The number of H-pyrrole nitrogens is 1. The molecule has 1 atom stereocenters. The summed E-state index contributed by atoms with van der Waals surface area (Å²) in [6.45, 7) is 13.3. The first-order valence-corrected chi connectivity index (χ1v) is 9.56. The molecule has 2 aromatic rings. The maximum Gasteiger partial charge on any atom is 0.270 e. The smallest absolute Gasteiger partial charge is 0.270 e. The van der Waals surface area contributed by atoms with Gasteiger partial charge in [-0.15, -0.1) is 0 Å². The highest BCUT2D eigenvalue weighted by Crippen LogP contribution is 2.22. The number of amides is 1. The second kappa shape index (κ2) is 7.68. The molecule has 7 nitrogen and oxygen atoms in total. The number of Topliss-reactive ketones (excluding diaryl/α,β-unsaturated/α-hetero) is 1. The molecule has 0 aromatic carbocycles. The highest BCUT2D eigenvalue weighted by Gasteiger charge is 2.30. The summed E-state index contributed by atoms with van der Waals surface area (Å²) in [5, 5.41) is 0. The third-order valence-electron chi connectivity index (χ3n) is 5.54. The topological polar surface area (TPSA) is 74.2 Å². The Labute approximate surface area is 160 Å². The standard InChI is InChI=1S/C20H29N5O2/c1-6-23-8-7-21-17(23)12-24-9-10-25(11-13(24)2)20(27)19-14(3)18(16(5)26)15(4)22-19/h7-8,13,22H,6,9-12H2,1-5H3/t13-/m1/s1. The zero-order valence-electron chi connectivity index (χ0n) is 16.9. The molecular weight excluding hydrogens is 342 g/mol. The number of hydrogen-bond donors (Lipinski definition) is 1. The average Bonchev–Trinajstić information content (AvgIpc) is 3.19. The minimum absolute atomic E-state index is 0.00934. The number of carbonyl (C=O) groups excluding carboxylic acids is 2. The van der Waals surface area contributed by atoms with Gasteiger partial charge in [0.15, 0.2) is 5.78 Å². The van der Waals surface area contributed by atoms with Crippen molar-refractivity contribution in [3.8, 4) is 0 Å². The van der Waals surface area contributed by atoms with Crippen molar-refractivity contribution in [2.75, 3.05) is 19.6 Å². The summed E-state index contributed by atoms with van der Waals surface area (Å²) >= 11 is 0. The van der Waals surface area contributed by atoms with Crippen molar-refractivity contribution >= 4 is 11.7 Å². The first kappa shape index (κ1) is 19.4. The molecule has 0 bridgehead atoms. The molecule has 0 aliphatic carbocycles. The third-order valence-corrected chi connectivity index (χ3v) is 5.54. The Balaban J connectivity index is 1.70. The number of rotatable bonds is 5. The van der Waals surface area contributed by atoms with Gasteiger partial charge in [-0.25, -0.2) is 4.98 Å². The molecule has 1 saturated heterocycles. The number of ketones is 1. The maximum atomic E-state index is 13.0. The van der Waals surface area contributed by atoms with E-state index in [1.165, 1.54) is 0 Å². The molecule has 1 aliphatic rings. The van der Waals surface area contributed by atoms with E-state index in [1.807, 2.05) is 31.1 Å². The van der Waals surface area contributed by atoms with Crippen molar-refractivity contribution in [2.24, 2.45) is 0 Å². The molecule has 0 radical (unpaired) electrons. The van der Waals surface area contributed by atoms with Gasteiger partial charge in [0.1, 0.15) is 11.5 Å². The Hall–Kier alpha value is -2.41. The Bertz CT molecular complexity index is 851. The van der Waals surface area contributed by atoms with Crippen LogP contribution in [0.1, 0.15) is 58.7 Å². The van der Waals surface area contributed by atoms with Crippen LogP contribution in [0.15, 0.2) is 12.4 Å². The van der Waals surface area contributed by atoms with E-state index in [0.29, 0.717) is 24.3 Å². The number of hydrogen-bond acceptors (Lipinski definition) is 4. The van der Waals surface area contributed by atoms with Gasteiger partial charge in [0.2, 0.25) is 0 Å². The van der Waals surface area contributed by atoms with E-state index in [2.05, 4.69) is 33.3 Å². The van der Waals surface area contributed by atoms with Gasteiger partial charge in [-0.3, -0.25) is 14.5 Å². The van der Waals surface area contributed by atoms with Gasteiger partial charge in [-0.2, -0.15) is 0 Å². The first-order valence-electron chi connectivity index (χ1n) is 9.56. The summed E-state index contributed by atoms with van der Waals surface area (Å²) in [4.78, 5) is 36.7. The molecule has 2 aromatic heterocycles. The van der Waals surface area contributed by atoms with E-state index < -0.39 is 0 Å². The molecule has 1 aliphatic heterocycles. The number of carbonyl (C=O) groups is 2. The minimum Gasteiger partial charge on any atom is -0.354 e. The van der Waals surface area contributed by atoms with Crippen LogP contribution in [0.3, 0.4) is 0 Å². The molecule has 3 rings (SSSR count). The molecule has 0 saturated carbocycles. The molecule has 0 unspecified atom stereocenters. The first-order chi connectivity index (χ1) is 12.8. The second-order valence-electron chi connectivity index (χ2n) is 7.38. The van der Waals surface area contributed by atoms with Gasteiger partial charge in [-0.1, -0.05) is 0 Å². The molecule has 3 heterocycles. The molecule has 27 heavy (non-hydrogen) atoms. The molecule has 1 N–H and O–H groups in total. The van der Waals surface area contributed by atoms with Crippen LogP contribution in [0, 0.1) is 13.8 Å². The molecule has 0 spiro atoms. The van der Waals surface area contributed by atoms with Gasteiger partial charge in [0, 0.05) is 55.9 Å². The monoisotopic (exact) mass is 371 g/mol. The van der Waals surface area contributed by atoms with Crippen LogP contribution in [-0.4, -0.2) is 61.7 Å². The Kier molecular flexibility index (Phi) is 5.51. The average molecular weight is 371 g/mol. The lowest BCUT2D eigenvalue weighted by atomic mass is 10.1. The van der Waals surface area contributed by atoms with Crippen LogP contribution in [0.4, 0.5) is 0 Å². The van der Waals surface area contributed by atoms with E-state index in [4.69, 9.17) is 0 Å². The van der Waals surface area contributed by atoms with Crippen molar-refractivity contribution in [1.82, 2.24) is 24.3 Å². The van der Waals surface area contributed by atoms with Gasteiger partial charge < -0.3 is 14.5 Å². The summed E-state index contributed by atoms with van der Waals surface area (Å²) in [7, 11) is 0. The van der Waals surface area contributed by atoms with Gasteiger partial charge in [0.25, 0.3) is 5.91 Å². The lowest BCUT2D eigenvalue weighted by Gasteiger charge is -2.39. The van der Waals surface area contributed by atoms with Crippen LogP contribution in [-0.2, 0) is 13.1 Å². The third kappa shape index (κ3) is 3.69. The highest BCUT2D eigenvalue weighted by molar-refractivity contribution is 6.02. The molecule has 1 amide bonds. The molecule has 146 valence electrons. The predicted octanol–water partition coefficient (Wildman–Crippen LogP) is 2.40. The summed E-state index contributed by atoms with van der Waals surface area (Å²) in [5.41, 5.74) is 2.70. The van der Waals surface area contributed by atoms with Crippen molar-refractivity contribution in [3.05, 3.63) is 40.7 Å². The summed E-state index contributed by atoms with van der Waals surface area (Å²) in [5.74, 6) is 1.03. The van der Waals surface area contributed by atoms with E-state index >= 15 is 0 Å². The van der Waals surface area contributed by atoms with Gasteiger partial charge in [-0.05, 0) is 40.2 Å². The zero-order chi connectivity index (χ0) is 19.7. The van der Waals surface area contributed by atoms with E-state index in [-0.39, 0.29) is 17.7 Å². The number of nitrogens with one attached hydrogen (secondary N) is 1. The fourth-order valence-corrected chi connectivity index (χ4v) is 4.03. The number of aromatic amines is 1. The van der Waals surface area contributed by atoms with Crippen LogP contribution >= 0.6 is 0 Å². The normalized spacial score (nSPS) is 18.1. The number of imidazole rings is 1. The van der Waals surface area contributed by atoms with E-state index in [9.17, 15) is 9.59 Å². The number of nitrogens with zero attached hydrogens (tertiary/aromatic N) is 4. The van der Waals surface area contributed by atoms with E-state index in [0.717, 1.165) is 36.7 Å². The van der Waals surface area contributed by atoms with Crippen LogP contribution in [0.25, 0.3) is 0 Å². The summed E-state index contributed by atoms with van der Waals surface area (Å²) in [6.07, 6.45) is 3.84. The largest absolute Gasteiger partial charge is 0.354 e. The van der Waals surface area contributed by atoms with Crippen LogP contribution in [0.5, 0.6) is 0 Å². The van der Waals surface area contributed by atoms with Gasteiger partial charge in [0.05, 0.1) is 6.54 Å². The zero-order valence-corrected chi connectivity index (χ0v) is 16.9. The minimum atomic E-state index is -0.0235. The molecule has 1 fully saturated rings. The fraction of sp³-hybridized carbons (Fsp3) is 0.550. The number of piperazine rings is 1. The number of aryl methyl sites for hydroxylation is 2. The van der Waals surface area contributed by atoms with Crippen molar-refractivity contribution in [3.63, 3.8) is 0 Å². The Morgan fingerprint density at radius 2 is 2.04 bits per heavy atom. The fourth-order valence-electron chi connectivity index (χ4n) is 4.03. The van der Waals surface area contributed by atoms with Gasteiger partial charge >= 0.3 is 0 Å². The van der Waals surface area contributed by atoms with Crippen molar-refractivity contribution < 1.29 is 9.59 Å². The lowest BCUT2D eigenvalue weighted by Crippen LogP contribution is -2.53. The summed E-state index contributed by atoms with van der Waals surface area (Å²) < 4.78 is 2.15. The number of aromatic nitrogens is 3. The second-order valence-corrected chi connectivity index (χ2v) is 7.38. The SMILES string of the molecule is CCn1ccnc1CN1CCN(C(=O)c2[nH]c(C)c(C(C)=O)c2C)C[C@H]1C. The summed E-state index contributed by atoms with van der Waals surface area (Å²) in [6, 6.07) is 0.244. The van der Waals surface area contributed by atoms with E-state index in [1.54, 1.807) is 6.92 Å². The molecular formula is C20H29N5O2. The lowest BCUT2D eigenvalue weighted by molar-refractivity contribution is 0.0480. The van der Waals surface area contributed by atoms with Crippen LogP contribution < -0.4 is 0 Å². The highest BCUT2D eigenvalue weighted by atomic mass is 16.2. The quantitative estimate of drug-likeness (QED) is 0.819. The van der Waals surface area contributed by atoms with Crippen molar-refractivity contribution in [2.45, 2.75) is 53.8 Å². The molecule has 7 heteroatoms.